The second-order valence-corrected chi connectivity index (χ2v) is 11.5. The van der Waals surface area contributed by atoms with Crippen molar-refractivity contribution < 1.29 is 34.4 Å². The average molecular weight is 454 g/mol. The summed E-state index contributed by atoms with van der Waals surface area (Å²) in [5.41, 5.74) is -7.11. The molecule has 0 amide bonds. The number of hydrogen-bond acceptors (Lipinski definition) is 8. The van der Waals surface area contributed by atoms with Crippen LogP contribution in [-0.4, -0.2) is 87.7 Å². The summed E-state index contributed by atoms with van der Waals surface area (Å²) < 4.78 is 12.1. The summed E-state index contributed by atoms with van der Waals surface area (Å²) in [4.78, 5) is 28.1. The van der Waals surface area contributed by atoms with Crippen molar-refractivity contribution in [3.63, 3.8) is 0 Å². The van der Waals surface area contributed by atoms with E-state index in [1.807, 2.05) is 13.8 Å². The number of fused-ring (bicyclic) bond motifs is 3. The molecule has 182 valence electrons. The predicted molar refractivity (Wildman–Crippen MR) is 118 cm³/mol. The van der Waals surface area contributed by atoms with E-state index in [1.165, 1.54) is 13.0 Å². The normalized spacial score (nSPS) is 48.0. The molecule has 1 aliphatic heterocycles. The molecule has 8 heteroatoms. The lowest BCUT2D eigenvalue weighted by Crippen LogP contribution is -2.86. The molecule has 2 aliphatic carbocycles. The van der Waals surface area contributed by atoms with E-state index in [0.717, 1.165) is 0 Å². The molecular formula is C24H39NO7. The molecule has 0 aromatic heterocycles. The Balaban J connectivity index is 2.21. The maximum Gasteiger partial charge on any atom is 0.320 e. The van der Waals surface area contributed by atoms with Crippen LogP contribution in [0.15, 0.2) is 12.7 Å². The summed E-state index contributed by atoms with van der Waals surface area (Å²) >= 11 is 0. The highest BCUT2D eigenvalue weighted by Crippen LogP contribution is 2.67. The number of carbonyl (C=O) groups is 2. The lowest BCUT2D eigenvalue weighted by atomic mass is 9.40. The van der Waals surface area contributed by atoms with Gasteiger partial charge in [0.2, 0.25) is 0 Å². The third-order valence-electron chi connectivity index (χ3n) is 8.45. The van der Waals surface area contributed by atoms with Gasteiger partial charge in [0, 0.05) is 17.8 Å². The summed E-state index contributed by atoms with van der Waals surface area (Å²) in [6.45, 7) is 12.5. The summed E-state index contributed by atoms with van der Waals surface area (Å²) in [6.07, 6.45) is -1.37. The van der Waals surface area contributed by atoms with Crippen molar-refractivity contribution in [2.24, 2.45) is 16.7 Å². The smallest absolute Gasteiger partial charge is 0.320 e. The first kappa shape index (κ1) is 25.3. The minimum absolute atomic E-state index is 0.0422. The molecule has 0 bridgehead atoms. The second-order valence-electron chi connectivity index (χ2n) is 11.5. The van der Waals surface area contributed by atoms with Crippen molar-refractivity contribution in [1.82, 2.24) is 4.90 Å². The molecule has 32 heavy (non-hydrogen) atoms. The fraction of sp³-hybridized carbons (Fsp3) is 0.833. The van der Waals surface area contributed by atoms with E-state index in [9.17, 15) is 24.9 Å². The number of ketones is 1. The Morgan fingerprint density at radius 3 is 2.38 bits per heavy atom. The number of carbonyl (C=O) groups excluding carboxylic acids is 2. The van der Waals surface area contributed by atoms with Gasteiger partial charge in [-0.3, -0.25) is 14.5 Å². The minimum atomic E-state index is -2.20. The Labute approximate surface area is 190 Å². The van der Waals surface area contributed by atoms with Gasteiger partial charge in [0.15, 0.2) is 11.4 Å². The number of hydrogen-bond donors (Lipinski definition) is 3. The van der Waals surface area contributed by atoms with Gasteiger partial charge in [-0.05, 0) is 46.2 Å². The number of aliphatic hydroxyl groups excluding tert-OH is 2. The fourth-order valence-electron chi connectivity index (χ4n) is 6.93. The molecule has 2 saturated carbocycles. The minimum Gasteiger partial charge on any atom is -0.461 e. The average Bonchev–Trinajstić information content (AvgIpc) is 2.65. The van der Waals surface area contributed by atoms with Crippen LogP contribution in [0.1, 0.15) is 53.9 Å². The number of esters is 1. The number of nitrogens with zero attached hydrogens (tertiary/aromatic N) is 1. The van der Waals surface area contributed by atoms with Gasteiger partial charge in [0.1, 0.15) is 17.8 Å². The standard InChI is InChI=1S/C24H39NO7/c1-9-21(4)12-14(26)24(30)22(5)15(31-16(27)13-25(7)8)10-11-20(2,3)18(22)17(28)19(29)23(24,6)32-21/h9,15,17-19,28-30H,1,10-13H2,2-8H3/t15-,17-,18-,19-,21-,22-,23+,24-/m0/s1. The first-order valence-corrected chi connectivity index (χ1v) is 11.3. The van der Waals surface area contributed by atoms with Crippen molar-refractivity contribution in [3.05, 3.63) is 12.7 Å². The van der Waals surface area contributed by atoms with Gasteiger partial charge in [0.25, 0.3) is 0 Å². The number of ether oxygens (including phenoxy) is 2. The molecule has 1 heterocycles. The summed E-state index contributed by atoms with van der Waals surface area (Å²) in [7, 11) is 3.49. The molecule has 3 N–H and O–H groups in total. The highest BCUT2D eigenvalue weighted by molar-refractivity contribution is 5.92. The van der Waals surface area contributed by atoms with Crippen LogP contribution in [0.3, 0.4) is 0 Å². The third kappa shape index (κ3) is 3.21. The van der Waals surface area contributed by atoms with E-state index in [4.69, 9.17) is 9.47 Å². The lowest BCUT2D eigenvalue weighted by molar-refractivity contribution is -0.370. The first-order chi connectivity index (χ1) is 14.5. The van der Waals surface area contributed by atoms with Gasteiger partial charge in [-0.1, -0.05) is 26.8 Å². The van der Waals surface area contributed by atoms with E-state index in [2.05, 4.69) is 6.58 Å². The monoisotopic (exact) mass is 453 g/mol. The van der Waals surface area contributed by atoms with Crippen molar-refractivity contribution in [2.45, 2.75) is 89.0 Å². The number of Topliss-reactive ketones (excluding diaryl/α,β-unsaturated/α-hetero) is 1. The highest BCUT2D eigenvalue weighted by Gasteiger charge is 2.81. The first-order valence-electron chi connectivity index (χ1n) is 11.3. The molecule has 3 fully saturated rings. The Hall–Kier alpha value is -1.32. The van der Waals surface area contributed by atoms with E-state index in [0.29, 0.717) is 12.8 Å². The summed E-state index contributed by atoms with van der Waals surface area (Å²) in [5.74, 6) is -1.72. The fourth-order valence-corrected chi connectivity index (χ4v) is 6.93. The van der Waals surface area contributed by atoms with Crippen LogP contribution in [0, 0.1) is 16.7 Å². The van der Waals surface area contributed by atoms with Crippen LogP contribution < -0.4 is 0 Å². The van der Waals surface area contributed by atoms with E-state index in [-0.39, 0.29) is 13.0 Å². The van der Waals surface area contributed by atoms with Gasteiger partial charge >= 0.3 is 5.97 Å². The lowest BCUT2D eigenvalue weighted by Gasteiger charge is -2.71. The zero-order chi connectivity index (χ0) is 24.5. The Kier molecular flexibility index (Phi) is 6.01. The molecule has 8 nitrogen and oxygen atoms in total. The van der Waals surface area contributed by atoms with Crippen molar-refractivity contribution >= 4 is 11.8 Å². The predicted octanol–water partition coefficient (Wildman–Crippen LogP) is 1.06. The molecule has 0 radical (unpaired) electrons. The Morgan fingerprint density at radius 2 is 1.84 bits per heavy atom. The Morgan fingerprint density at radius 1 is 1.25 bits per heavy atom. The van der Waals surface area contributed by atoms with Crippen LogP contribution in [0.4, 0.5) is 0 Å². The maximum absolute atomic E-state index is 13.7. The summed E-state index contributed by atoms with van der Waals surface area (Å²) in [5, 5.41) is 35.0. The van der Waals surface area contributed by atoms with E-state index < -0.39 is 63.6 Å². The van der Waals surface area contributed by atoms with Gasteiger partial charge < -0.3 is 24.8 Å². The van der Waals surface area contributed by atoms with Gasteiger partial charge in [-0.2, -0.15) is 0 Å². The van der Waals surface area contributed by atoms with Crippen LogP contribution in [0.2, 0.25) is 0 Å². The largest absolute Gasteiger partial charge is 0.461 e. The Bertz CT molecular complexity index is 812. The van der Waals surface area contributed by atoms with E-state index in [1.54, 1.807) is 32.8 Å². The molecule has 1 saturated heterocycles. The molecule has 0 aromatic carbocycles. The molecule has 0 aromatic rings. The third-order valence-corrected chi connectivity index (χ3v) is 8.45. The molecule has 0 unspecified atom stereocenters. The number of aliphatic hydroxyl groups is 3. The molecule has 3 aliphatic rings. The molecule has 0 spiro atoms. The van der Waals surface area contributed by atoms with Crippen LogP contribution in [0.5, 0.6) is 0 Å². The van der Waals surface area contributed by atoms with Crippen molar-refractivity contribution in [1.29, 1.82) is 0 Å². The van der Waals surface area contributed by atoms with Crippen LogP contribution >= 0.6 is 0 Å². The quantitative estimate of drug-likeness (QED) is 0.427. The SMILES string of the molecule is C=C[C@@]1(C)CC(=O)[C@]2(O)[C@@]3(C)[C@@H](OC(=O)CN(C)C)CCC(C)(C)[C@@H]3[C@H](O)[C@H](O)[C@@]2(C)O1. The van der Waals surface area contributed by atoms with Crippen LogP contribution in [0.25, 0.3) is 0 Å². The van der Waals surface area contributed by atoms with Gasteiger partial charge in [-0.15, -0.1) is 6.58 Å². The number of rotatable bonds is 4. The second kappa shape index (κ2) is 7.60. The maximum atomic E-state index is 13.7. The topological polar surface area (TPSA) is 117 Å². The van der Waals surface area contributed by atoms with Gasteiger partial charge in [-0.25, -0.2) is 0 Å². The van der Waals surface area contributed by atoms with Crippen molar-refractivity contribution in [3.8, 4) is 0 Å². The summed E-state index contributed by atoms with van der Waals surface area (Å²) in [6, 6.07) is 0. The molecule has 3 rings (SSSR count). The molecule has 8 atom stereocenters. The highest BCUT2D eigenvalue weighted by atomic mass is 16.6. The van der Waals surface area contributed by atoms with Crippen LogP contribution in [-0.2, 0) is 19.1 Å². The molecular weight excluding hydrogens is 414 g/mol. The zero-order valence-corrected chi connectivity index (χ0v) is 20.3. The zero-order valence-electron chi connectivity index (χ0n) is 20.3. The van der Waals surface area contributed by atoms with Gasteiger partial charge in [0.05, 0.1) is 18.2 Å². The number of likely N-dealkylation sites (N-methyl/N-ethyl adjacent to an activating group) is 1. The van der Waals surface area contributed by atoms with E-state index >= 15 is 0 Å². The van der Waals surface area contributed by atoms with Crippen molar-refractivity contribution in [2.75, 3.05) is 20.6 Å².